The van der Waals surface area contributed by atoms with E-state index in [4.69, 9.17) is 15.5 Å². The van der Waals surface area contributed by atoms with E-state index in [9.17, 15) is 5.48 Å². The number of hydrogen-bond donors (Lipinski definition) is 1. The molecule has 1 unspecified atom stereocenters. The molecule has 0 saturated carbocycles. The van der Waals surface area contributed by atoms with Crippen LogP contribution in [0.5, 0.6) is 0 Å². The maximum atomic E-state index is 9.98. The first-order valence-electron chi connectivity index (χ1n) is 22.3. The van der Waals surface area contributed by atoms with E-state index >= 15 is 0 Å². The monoisotopic (exact) mass is 742 g/mol. The van der Waals surface area contributed by atoms with E-state index in [0.29, 0.717) is 22.9 Å². The van der Waals surface area contributed by atoms with Gasteiger partial charge < -0.3 is 9.88 Å². The highest BCUT2D eigenvalue weighted by molar-refractivity contribution is 7.26. The van der Waals surface area contributed by atoms with E-state index in [-0.39, 0.29) is 81.3 Å². The van der Waals surface area contributed by atoms with Crippen LogP contribution in [0, 0.1) is 0 Å². The van der Waals surface area contributed by atoms with Crippen molar-refractivity contribution in [3.05, 3.63) is 211 Å². The Bertz CT molecular complexity index is 3610. The minimum absolute atomic E-state index is 0.0182. The molecule has 264 valence electrons. The number of amidine groups is 2. The zero-order valence-corrected chi connectivity index (χ0v) is 30.5. The van der Waals surface area contributed by atoms with Gasteiger partial charge in [0.25, 0.3) is 0 Å². The van der Waals surface area contributed by atoms with Crippen LogP contribution in [0.2, 0.25) is 0 Å². The van der Waals surface area contributed by atoms with Crippen molar-refractivity contribution in [2.24, 2.45) is 9.98 Å². The zero-order chi connectivity index (χ0) is 44.0. The standard InChI is InChI=1S/C51H34N4S/c1-4-15-33(16-5-1)36-27-29-40-39-21-10-12-25-44(39)55(45(40)31-36)46-32-37(38-23-14-24-42-41-22-11-13-26-47(41)56-48(38)42)28-30-43(46)51-53-49(34-17-6-2-7-18-34)52-50(54-51)35-19-8-3-9-20-35/h1-32,49H,(H,52,53,54)/i1D,10D,15D,16D,21D,25D,29D,31D. The quantitative estimate of drug-likeness (QED) is 0.181. The lowest BCUT2D eigenvalue weighted by atomic mass is 9.99. The Labute approximate surface area is 339 Å². The Morgan fingerprint density at radius 2 is 1.27 bits per heavy atom. The Kier molecular flexibility index (Phi) is 5.98. The number of aromatic nitrogens is 1. The third-order valence-electron chi connectivity index (χ3n) is 10.2. The van der Waals surface area contributed by atoms with Gasteiger partial charge in [-0.25, -0.2) is 9.98 Å². The molecule has 5 heteroatoms. The summed E-state index contributed by atoms with van der Waals surface area (Å²) in [4.78, 5) is 10.3. The zero-order valence-electron chi connectivity index (χ0n) is 37.7. The van der Waals surface area contributed by atoms with Crippen LogP contribution in [0.15, 0.2) is 204 Å². The summed E-state index contributed by atoms with van der Waals surface area (Å²) in [6.45, 7) is 0. The van der Waals surface area contributed by atoms with E-state index in [1.807, 2.05) is 97.1 Å². The van der Waals surface area contributed by atoms with Gasteiger partial charge in [0, 0.05) is 42.1 Å². The third kappa shape index (κ3) is 5.44. The predicted molar refractivity (Wildman–Crippen MR) is 236 cm³/mol. The van der Waals surface area contributed by atoms with Gasteiger partial charge in [0.2, 0.25) is 0 Å². The van der Waals surface area contributed by atoms with Crippen molar-refractivity contribution in [3.8, 4) is 27.9 Å². The van der Waals surface area contributed by atoms with Crippen LogP contribution in [-0.4, -0.2) is 16.2 Å². The Balaban J connectivity index is 1.27. The molecule has 0 spiro atoms. The fourth-order valence-electron chi connectivity index (χ4n) is 7.62. The lowest BCUT2D eigenvalue weighted by molar-refractivity contribution is 0.755. The number of aliphatic imine (C=N–C) groups is 2. The van der Waals surface area contributed by atoms with Crippen LogP contribution < -0.4 is 5.32 Å². The SMILES string of the molecule is [2H]c1cc([2H])c(-c2cc([2H])c3c4c([2H])c([2H])cc([2H])c4n(-c4cc(-c5cccc6c5sc5ccccc56)ccc4C4=NC(c5ccccc5)N=C(c5ccccc5)N4)c3c2[2H])c([2H])c1. The van der Waals surface area contributed by atoms with Gasteiger partial charge in [0.05, 0.1) is 27.7 Å². The first kappa shape index (κ1) is 25.1. The van der Waals surface area contributed by atoms with Crippen LogP contribution in [-0.2, 0) is 0 Å². The van der Waals surface area contributed by atoms with Crippen LogP contribution in [0.1, 0.15) is 33.8 Å². The minimum Gasteiger partial charge on any atom is -0.324 e. The summed E-state index contributed by atoms with van der Waals surface area (Å²) in [5, 5.41) is 6.16. The maximum Gasteiger partial charge on any atom is 0.169 e. The largest absolute Gasteiger partial charge is 0.324 e. The van der Waals surface area contributed by atoms with Crippen molar-refractivity contribution in [1.82, 2.24) is 9.88 Å². The van der Waals surface area contributed by atoms with Crippen molar-refractivity contribution in [2.45, 2.75) is 6.17 Å². The van der Waals surface area contributed by atoms with Crippen LogP contribution in [0.3, 0.4) is 0 Å². The van der Waals surface area contributed by atoms with Crippen molar-refractivity contribution in [3.63, 3.8) is 0 Å². The summed E-state index contributed by atoms with van der Waals surface area (Å²) in [6.07, 6.45) is -0.646. The molecule has 1 N–H and O–H groups in total. The van der Waals surface area contributed by atoms with Crippen LogP contribution in [0.4, 0.5) is 0 Å². The summed E-state index contributed by atoms with van der Waals surface area (Å²) < 4.78 is 76.8. The molecule has 11 rings (SSSR count). The second-order valence-electron chi connectivity index (χ2n) is 13.5. The van der Waals surface area contributed by atoms with Gasteiger partial charge in [0.1, 0.15) is 11.7 Å². The summed E-state index contributed by atoms with van der Waals surface area (Å²) in [5.74, 6) is 1.04. The second kappa shape index (κ2) is 13.3. The van der Waals surface area contributed by atoms with Gasteiger partial charge in [-0.3, -0.25) is 0 Å². The average Bonchev–Trinajstić information content (AvgIpc) is 3.88. The highest BCUT2D eigenvalue weighted by Gasteiger charge is 2.25. The first-order chi connectivity index (χ1) is 31.0. The van der Waals surface area contributed by atoms with Crippen molar-refractivity contribution < 1.29 is 11.0 Å². The van der Waals surface area contributed by atoms with Crippen molar-refractivity contribution in [2.75, 3.05) is 0 Å². The van der Waals surface area contributed by atoms with Gasteiger partial charge in [-0.1, -0.05) is 164 Å². The molecule has 1 aliphatic heterocycles. The molecule has 1 aliphatic rings. The van der Waals surface area contributed by atoms with Gasteiger partial charge in [-0.15, -0.1) is 11.3 Å². The molecule has 0 saturated heterocycles. The average molecular weight is 743 g/mol. The lowest BCUT2D eigenvalue weighted by Crippen LogP contribution is -2.36. The molecule has 4 nitrogen and oxygen atoms in total. The number of benzene rings is 8. The number of hydrogen-bond acceptors (Lipinski definition) is 4. The fraction of sp³-hybridized carbons (Fsp3) is 0.0196. The van der Waals surface area contributed by atoms with E-state index in [1.54, 1.807) is 15.9 Å². The topological polar surface area (TPSA) is 41.7 Å². The summed E-state index contributed by atoms with van der Waals surface area (Å²) >= 11 is 1.70. The Morgan fingerprint density at radius 3 is 2.14 bits per heavy atom. The molecule has 0 radical (unpaired) electrons. The molecular weight excluding hydrogens is 701 g/mol. The van der Waals surface area contributed by atoms with Crippen molar-refractivity contribution >= 4 is 65.0 Å². The van der Waals surface area contributed by atoms with Gasteiger partial charge in [-0.2, -0.15) is 0 Å². The molecule has 8 aromatic carbocycles. The summed E-state index contributed by atoms with van der Waals surface area (Å²) in [5.41, 5.74) is 5.16. The number of nitrogens with zero attached hydrogens (tertiary/aromatic N) is 3. The van der Waals surface area contributed by atoms with E-state index in [2.05, 4.69) is 29.6 Å². The van der Waals surface area contributed by atoms with Gasteiger partial charge in [-0.05, 0) is 58.1 Å². The number of fused-ring (bicyclic) bond motifs is 6. The predicted octanol–water partition coefficient (Wildman–Crippen LogP) is 13.0. The normalized spacial score (nSPS) is 16.2. The molecule has 3 heterocycles. The highest BCUT2D eigenvalue weighted by atomic mass is 32.1. The maximum absolute atomic E-state index is 9.98. The summed E-state index contributed by atoms with van der Waals surface area (Å²) in [6, 6.07) is 44.4. The third-order valence-corrected chi connectivity index (χ3v) is 11.4. The molecule has 0 aliphatic carbocycles. The molecule has 2 aromatic heterocycles. The molecule has 56 heavy (non-hydrogen) atoms. The number of para-hydroxylation sites is 1. The fourth-order valence-corrected chi connectivity index (χ4v) is 8.85. The molecule has 1 atom stereocenters. The van der Waals surface area contributed by atoms with E-state index in [1.165, 1.54) is 24.3 Å². The number of nitrogens with one attached hydrogen (secondary N) is 1. The first-order valence-corrected chi connectivity index (χ1v) is 19.1. The molecule has 0 amide bonds. The van der Waals surface area contributed by atoms with E-state index < -0.39 is 6.17 Å². The smallest absolute Gasteiger partial charge is 0.169 e. The van der Waals surface area contributed by atoms with Crippen LogP contribution >= 0.6 is 11.3 Å². The molecule has 0 bridgehead atoms. The highest BCUT2D eigenvalue weighted by Crippen LogP contribution is 2.42. The lowest BCUT2D eigenvalue weighted by Gasteiger charge is -2.24. The Morgan fingerprint density at radius 1 is 0.518 bits per heavy atom. The molecule has 10 aromatic rings. The van der Waals surface area contributed by atoms with Crippen LogP contribution in [0.25, 0.3) is 69.9 Å². The number of rotatable bonds is 6. The van der Waals surface area contributed by atoms with E-state index in [0.717, 1.165) is 42.4 Å². The van der Waals surface area contributed by atoms with Gasteiger partial charge in [0.15, 0.2) is 6.17 Å². The van der Waals surface area contributed by atoms with Crippen molar-refractivity contribution in [1.29, 1.82) is 0 Å². The Hall–Kier alpha value is -7.08. The minimum atomic E-state index is -0.646. The second-order valence-corrected chi connectivity index (χ2v) is 14.6. The van der Waals surface area contributed by atoms with Gasteiger partial charge >= 0.3 is 0 Å². The molecular formula is C51H34N4S. The summed E-state index contributed by atoms with van der Waals surface area (Å²) in [7, 11) is 0. The molecule has 0 fully saturated rings. The number of thiophene rings is 1.